The molecule has 294 valence electrons. The van der Waals surface area contributed by atoms with Crippen LogP contribution in [-0.2, 0) is 10.8 Å². The first-order valence-electron chi connectivity index (χ1n) is 22.2. The second-order valence-corrected chi connectivity index (χ2v) is 20.1. The van der Waals surface area contributed by atoms with Crippen LogP contribution in [0.25, 0.3) is 55.0 Å². The van der Waals surface area contributed by atoms with Crippen LogP contribution in [0.1, 0.15) is 52.7 Å². The van der Waals surface area contributed by atoms with Crippen LogP contribution in [0.2, 0.25) is 0 Å². The van der Waals surface area contributed by atoms with E-state index in [0.717, 1.165) is 11.5 Å². The van der Waals surface area contributed by atoms with Gasteiger partial charge in [-0.1, -0.05) is 133 Å². The molecule has 0 aliphatic carbocycles. The molecular formula is C56H43B2N3O. The van der Waals surface area contributed by atoms with Gasteiger partial charge in [-0.05, 0) is 115 Å². The number of nitrogens with zero attached hydrogens (tertiary/aromatic N) is 3. The van der Waals surface area contributed by atoms with Crippen LogP contribution in [0.3, 0.4) is 0 Å². The van der Waals surface area contributed by atoms with Gasteiger partial charge in [-0.25, -0.2) is 0 Å². The van der Waals surface area contributed by atoms with E-state index in [1.807, 2.05) is 0 Å². The Labute approximate surface area is 362 Å². The van der Waals surface area contributed by atoms with Crippen molar-refractivity contribution in [2.45, 2.75) is 52.4 Å². The summed E-state index contributed by atoms with van der Waals surface area (Å²) in [5.74, 6) is 1.90. The van der Waals surface area contributed by atoms with Gasteiger partial charge in [0.2, 0.25) is 0 Å². The van der Waals surface area contributed by atoms with E-state index in [9.17, 15) is 0 Å². The summed E-state index contributed by atoms with van der Waals surface area (Å²) in [5.41, 5.74) is 21.8. The zero-order valence-electron chi connectivity index (χ0n) is 35.8. The number of anilines is 3. The molecule has 0 atom stereocenters. The zero-order chi connectivity index (χ0) is 41.6. The van der Waals surface area contributed by atoms with Gasteiger partial charge in [-0.15, -0.1) is 0 Å². The highest BCUT2D eigenvalue weighted by Crippen LogP contribution is 2.47. The number of rotatable bonds is 1. The van der Waals surface area contributed by atoms with Crippen LogP contribution in [0, 0.1) is 0 Å². The number of hydrogen-bond donors (Lipinski definition) is 0. The van der Waals surface area contributed by atoms with Gasteiger partial charge in [0.15, 0.2) is 0 Å². The lowest BCUT2D eigenvalue weighted by molar-refractivity contribution is 0.488. The Balaban J connectivity index is 1.17. The van der Waals surface area contributed by atoms with E-state index < -0.39 is 0 Å². The fourth-order valence-corrected chi connectivity index (χ4v) is 11.9. The number of para-hydroxylation sites is 3. The van der Waals surface area contributed by atoms with E-state index in [0.29, 0.717) is 0 Å². The summed E-state index contributed by atoms with van der Waals surface area (Å²) in [6.07, 6.45) is 0. The van der Waals surface area contributed by atoms with Gasteiger partial charge >= 0.3 is 0 Å². The van der Waals surface area contributed by atoms with Gasteiger partial charge < -0.3 is 18.8 Å². The van der Waals surface area contributed by atoms with Crippen molar-refractivity contribution in [2.75, 3.05) is 4.90 Å². The number of ether oxygens (including phenoxy) is 1. The fraction of sp³-hybridized carbons (Fsp3) is 0.143. The monoisotopic (exact) mass is 795 g/mol. The van der Waals surface area contributed by atoms with E-state index in [4.69, 9.17) is 4.74 Å². The topological polar surface area (TPSA) is 22.3 Å². The molecule has 0 bridgehead atoms. The second-order valence-electron chi connectivity index (χ2n) is 20.1. The number of fused-ring (bicyclic) bond motifs is 17. The normalized spacial score (nSPS) is 14.3. The zero-order valence-corrected chi connectivity index (χ0v) is 35.8. The van der Waals surface area contributed by atoms with E-state index in [-0.39, 0.29) is 24.3 Å². The minimum absolute atomic E-state index is 0.00228. The van der Waals surface area contributed by atoms with E-state index in [2.05, 4.69) is 207 Å². The molecule has 6 heteroatoms. The van der Waals surface area contributed by atoms with Crippen molar-refractivity contribution >= 4 is 107 Å². The molecule has 0 radical (unpaired) electrons. The molecular weight excluding hydrogens is 752 g/mol. The van der Waals surface area contributed by atoms with Crippen LogP contribution < -0.4 is 42.4 Å². The predicted octanol–water partition coefficient (Wildman–Crippen LogP) is 10.0. The molecule has 4 aliphatic heterocycles. The summed E-state index contributed by atoms with van der Waals surface area (Å²) in [7, 11) is 0. The minimum Gasteiger partial charge on any atom is -0.458 e. The summed E-state index contributed by atoms with van der Waals surface area (Å²) >= 11 is 0. The highest BCUT2D eigenvalue weighted by molar-refractivity contribution is 7.01. The highest BCUT2D eigenvalue weighted by atomic mass is 16.5. The minimum atomic E-state index is -0.0142. The van der Waals surface area contributed by atoms with E-state index >= 15 is 0 Å². The average molecular weight is 796 g/mol. The van der Waals surface area contributed by atoms with Crippen molar-refractivity contribution in [3.05, 3.63) is 163 Å². The standard InChI is InChI=1S/C56H43B2N3O/c1-55(2,3)32-20-25-43-40(30-32)58-39-17-11-13-19-47(39)62-48-29-24-37-49-45(60(43)54(37)51(48)58)27-22-35-36-23-28-46-50-53(36)61(52(35)49)44-26-21-33(56(4,5)6)31-41(44)57(50)38-16-10-12-18-42(38)59(46)34-14-8-7-9-15-34/h7-31H,1-6H3. The van der Waals surface area contributed by atoms with Gasteiger partial charge in [0.05, 0.1) is 22.1 Å². The quantitative estimate of drug-likeness (QED) is 0.155. The lowest BCUT2D eigenvalue weighted by atomic mass is 9.33. The molecule has 62 heavy (non-hydrogen) atoms. The van der Waals surface area contributed by atoms with Crippen LogP contribution in [0.5, 0.6) is 11.5 Å². The molecule has 2 aromatic heterocycles. The second kappa shape index (κ2) is 11.5. The smallest absolute Gasteiger partial charge is 0.256 e. The average Bonchev–Trinajstić information content (AvgIpc) is 3.81. The van der Waals surface area contributed by atoms with Crippen molar-refractivity contribution < 1.29 is 4.74 Å². The molecule has 4 nitrogen and oxygen atoms in total. The number of aromatic nitrogens is 2. The van der Waals surface area contributed by atoms with Gasteiger partial charge in [0.1, 0.15) is 11.5 Å². The highest BCUT2D eigenvalue weighted by Gasteiger charge is 2.44. The molecule has 6 heterocycles. The summed E-state index contributed by atoms with van der Waals surface area (Å²) in [6, 6.07) is 57.5. The third-order valence-electron chi connectivity index (χ3n) is 14.7. The molecule has 0 saturated heterocycles. The van der Waals surface area contributed by atoms with Crippen molar-refractivity contribution in [1.82, 2.24) is 9.13 Å². The summed E-state index contributed by atoms with van der Waals surface area (Å²) in [4.78, 5) is 2.50. The molecule has 8 aromatic carbocycles. The van der Waals surface area contributed by atoms with Crippen LogP contribution >= 0.6 is 0 Å². The van der Waals surface area contributed by atoms with Crippen LogP contribution in [0.4, 0.5) is 17.1 Å². The van der Waals surface area contributed by atoms with Crippen molar-refractivity contribution in [3.8, 4) is 22.9 Å². The van der Waals surface area contributed by atoms with Crippen molar-refractivity contribution in [1.29, 1.82) is 0 Å². The third-order valence-corrected chi connectivity index (χ3v) is 14.7. The fourth-order valence-electron chi connectivity index (χ4n) is 11.9. The van der Waals surface area contributed by atoms with Crippen molar-refractivity contribution in [3.63, 3.8) is 0 Å². The number of benzene rings is 8. The maximum absolute atomic E-state index is 6.84. The van der Waals surface area contributed by atoms with Crippen molar-refractivity contribution in [2.24, 2.45) is 0 Å². The Morgan fingerprint density at radius 1 is 0.419 bits per heavy atom. The summed E-state index contributed by atoms with van der Waals surface area (Å²) in [6.45, 7) is 14.1. The molecule has 14 rings (SSSR count). The lowest BCUT2D eigenvalue weighted by Gasteiger charge is -2.40. The van der Waals surface area contributed by atoms with E-state index in [1.54, 1.807) is 0 Å². The molecule has 0 fully saturated rings. The molecule has 0 saturated carbocycles. The Bertz CT molecular complexity index is 3660. The summed E-state index contributed by atoms with van der Waals surface area (Å²) in [5, 5.41) is 5.13. The van der Waals surface area contributed by atoms with Gasteiger partial charge in [-0.2, -0.15) is 0 Å². The largest absolute Gasteiger partial charge is 0.458 e. The molecule has 0 spiro atoms. The maximum atomic E-state index is 6.84. The SMILES string of the molecule is CC(C)(C)c1ccc2c(c1)B1c3ccccc3Oc3ccc4c5c(ccc6c7ccc8c9c7n(c65)-c5ccc(C(C)(C)C)cc5B9c5ccccc5N8c5ccccc5)n-2c4c31. The first-order chi connectivity index (χ1) is 30.1. The predicted molar refractivity (Wildman–Crippen MR) is 263 cm³/mol. The third kappa shape index (κ3) is 4.25. The first-order valence-corrected chi connectivity index (χ1v) is 22.2. The van der Waals surface area contributed by atoms with Crippen LogP contribution in [0.15, 0.2) is 152 Å². The van der Waals surface area contributed by atoms with Gasteiger partial charge in [0.25, 0.3) is 13.4 Å². The molecule has 0 amide bonds. The Morgan fingerprint density at radius 2 is 1.00 bits per heavy atom. The lowest BCUT2D eigenvalue weighted by Crippen LogP contribution is -2.60. The molecule has 10 aromatic rings. The van der Waals surface area contributed by atoms with Gasteiger partial charge in [0, 0.05) is 50.0 Å². The number of hydrogen-bond acceptors (Lipinski definition) is 2. The molecule has 4 aliphatic rings. The molecule has 0 N–H and O–H groups in total. The first kappa shape index (κ1) is 34.8. The van der Waals surface area contributed by atoms with Gasteiger partial charge in [-0.3, -0.25) is 0 Å². The maximum Gasteiger partial charge on any atom is 0.256 e. The summed E-state index contributed by atoms with van der Waals surface area (Å²) < 4.78 is 12.1. The molecule has 0 unspecified atom stereocenters. The van der Waals surface area contributed by atoms with Crippen LogP contribution in [-0.4, -0.2) is 22.6 Å². The Kier molecular flexibility index (Phi) is 6.45. The Morgan fingerprint density at radius 3 is 1.74 bits per heavy atom. The van der Waals surface area contributed by atoms with E-state index in [1.165, 1.54) is 116 Å². The Hall–Kier alpha value is -6.91.